The third-order valence-corrected chi connectivity index (χ3v) is 3.91. The van der Waals surface area contributed by atoms with Gasteiger partial charge in [0.25, 0.3) is 0 Å². The highest BCUT2D eigenvalue weighted by Gasteiger charge is 2.27. The molecule has 0 aliphatic carbocycles. The molecule has 0 saturated carbocycles. The minimum absolute atomic E-state index is 0.130. The summed E-state index contributed by atoms with van der Waals surface area (Å²) in [5, 5.41) is 3.31. The number of hydrogen-bond acceptors (Lipinski definition) is 4. The molecule has 1 saturated heterocycles. The Morgan fingerprint density at radius 1 is 1.37 bits per heavy atom. The second kappa shape index (κ2) is 9.32. The van der Waals surface area contributed by atoms with Gasteiger partial charge in [-0.2, -0.15) is 0 Å². The van der Waals surface area contributed by atoms with Gasteiger partial charge < -0.3 is 10.1 Å². The van der Waals surface area contributed by atoms with Crippen LogP contribution in [0.2, 0.25) is 0 Å². The molecule has 112 valence electrons. The smallest absolute Gasteiger partial charge is 0.324 e. The summed E-state index contributed by atoms with van der Waals surface area (Å²) in [6, 6.07) is 0.469. The zero-order valence-electron chi connectivity index (χ0n) is 12.8. The number of methoxy groups -OCH3 is 1. The summed E-state index contributed by atoms with van der Waals surface area (Å²) in [6.07, 6.45) is 7.34. The lowest BCUT2D eigenvalue weighted by Crippen LogP contribution is -2.51. The highest BCUT2D eigenvalue weighted by molar-refractivity contribution is 5.75. The van der Waals surface area contributed by atoms with E-state index in [4.69, 9.17) is 4.74 Å². The van der Waals surface area contributed by atoms with Crippen molar-refractivity contribution in [2.24, 2.45) is 0 Å². The molecule has 0 amide bonds. The summed E-state index contributed by atoms with van der Waals surface area (Å²) >= 11 is 0. The molecule has 0 aromatic rings. The molecule has 19 heavy (non-hydrogen) atoms. The fraction of sp³-hybridized carbons (Fsp3) is 0.933. The molecule has 0 aromatic carbocycles. The molecule has 1 aliphatic rings. The van der Waals surface area contributed by atoms with Gasteiger partial charge in [0.1, 0.15) is 6.04 Å². The van der Waals surface area contributed by atoms with Crippen molar-refractivity contribution in [3.63, 3.8) is 0 Å². The van der Waals surface area contributed by atoms with Crippen LogP contribution in [0.4, 0.5) is 0 Å². The van der Waals surface area contributed by atoms with Crippen LogP contribution >= 0.6 is 0 Å². The molecular formula is C15H30N2O2. The van der Waals surface area contributed by atoms with Gasteiger partial charge in [0.2, 0.25) is 0 Å². The molecule has 0 bridgehead atoms. The third kappa shape index (κ3) is 5.49. The largest absolute Gasteiger partial charge is 0.468 e. The first-order chi connectivity index (χ1) is 9.22. The van der Waals surface area contributed by atoms with Crippen LogP contribution in [0.3, 0.4) is 0 Å². The highest BCUT2D eigenvalue weighted by Crippen LogP contribution is 2.21. The van der Waals surface area contributed by atoms with Gasteiger partial charge in [0, 0.05) is 12.6 Å². The number of ether oxygens (including phenoxy) is 1. The number of nitrogens with zero attached hydrogens (tertiary/aromatic N) is 1. The zero-order valence-corrected chi connectivity index (χ0v) is 12.8. The van der Waals surface area contributed by atoms with E-state index in [1.165, 1.54) is 39.2 Å². The van der Waals surface area contributed by atoms with E-state index in [0.29, 0.717) is 6.04 Å². The predicted molar refractivity (Wildman–Crippen MR) is 78.2 cm³/mol. The number of hydrogen-bond donors (Lipinski definition) is 1. The topological polar surface area (TPSA) is 41.6 Å². The van der Waals surface area contributed by atoms with Crippen LogP contribution in [0, 0.1) is 0 Å². The number of piperidine rings is 1. The Morgan fingerprint density at radius 2 is 2.16 bits per heavy atom. The van der Waals surface area contributed by atoms with Gasteiger partial charge in [-0.05, 0) is 38.8 Å². The SMILES string of the molecule is CCCNC(CN1CCCCC1CCC)C(=O)OC. The monoisotopic (exact) mass is 270 g/mol. The van der Waals surface area contributed by atoms with Crippen molar-refractivity contribution >= 4 is 5.97 Å². The van der Waals surface area contributed by atoms with Gasteiger partial charge >= 0.3 is 5.97 Å². The zero-order chi connectivity index (χ0) is 14.1. The second-order valence-electron chi connectivity index (χ2n) is 5.46. The summed E-state index contributed by atoms with van der Waals surface area (Å²) < 4.78 is 4.92. The van der Waals surface area contributed by atoms with E-state index in [1.54, 1.807) is 0 Å². The number of carbonyl (C=O) groups is 1. The van der Waals surface area contributed by atoms with Crippen molar-refractivity contribution in [2.45, 2.75) is 64.5 Å². The molecule has 1 aliphatic heterocycles. The fourth-order valence-electron chi connectivity index (χ4n) is 2.88. The van der Waals surface area contributed by atoms with Crippen molar-refractivity contribution in [3.05, 3.63) is 0 Å². The van der Waals surface area contributed by atoms with E-state index in [2.05, 4.69) is 24.1 Å². The van der Waals surface area contributed by atoms with Crippen LogP contribution in [0.5, 0.6) is 0 Å². The summed E-state index contributed by atoms with van der Waals surface area (Å²) in [7, 11) is 1.47. The first kappa shape index (κ1) is 16.4. The fourth-order valence-corrected chi connectivity index (χ4v) is 2.88. The standard InChI is InChI=1S/C15H30N2O2/c1-4-8-13-9-6-7-11-17(13)12-14(15(18)19-3)16-10-5-2/h13-14,16H,4-12H2,1-3H3. The maximum atomic E-state index is 11.8. The first-order valence-electron chi connectivity index (χ1n) is 7.78. The lowest BCUT2D eigenvalue weighted by Gasteiger charge is -2.37. The molecule has 0 radical (unpaired) electrons. The predicted octanol–water partition coefficient (Wildman–Crippen LogP) is 2.18. The van der Waals surface area contributed by atoms with Gasteiger partial charge in [-0.25, -0.2) is 0 Å². The molecule has 2 unspecified atom stereocenters. The van der Waals surface area contributed by atoms with Crippen molar-refractivity contribution in [3.8, 4) is 0 Å². The molecular weight excluding hydrogens is 240 g/mol. The summed E-state index contributed by atoms with van der Waals surface area (Å²) in [6.45, 7) is 7.12. The molecule has 4 nitrogen and oxygen atoms in total. The Balaban J connectivity index is 2.56. The Hall–Kier alpha value is -0.610. The molecule has 0 spiro atoms. The number of rotatable bonds is 8. The Labute approximate surface area is 117 Å². The highest BCUT2D eigenvalue weighted by atomic mass is 16.5. The summed E-state index contributed by atoms with van der Waals surface area (Å²) in [5.41, 5.74) is 0. The van der Waals surface area contributed by atoms with E-state index < -0.39 is 0 Å². The minimum atomic E-state index is -0.178. The lowest BCUT2D eigenvalue weighted by atomic mass is 9.97. The molecule has 1 N–H and O–H groups in total. The van der Waals surface area contributed by atoms with E-state index >= 15 is 0 Å². The van der Waals surface area contributed by atoms with Crippen LogP contribution in [-0.4, -0.2) is 49.7 Å². The second-order valence-corrected chi connectivity index (χ2v) is 5.46. The maximum Gasteiger partial charge on any atom is 0.324 e. The van der Waals surface area contributed by atoms with Crippen LogP contribution in [-0.2, 0) is 9.53 Å². The molecule has 1 heterocycles. The van der Waals surface area contributed by atoms with Crippen LogP contribution in [0.25, 0.3) is 0 Å². The number of esters is 1. The summed E-state index contributed by atoms with van der Waals surface area (Å²) in [5.74, 6) is -0.130. The average Bonchev–Trinajstić information content (AvgIpc) is 2.44. The molecule has 2 atom stereocenters. The van der Waals surface area contributed by atoms with E-state index in [1.807, 2.05) is 0 Å². The molecule has 1 rings (SSSR count). The number of likely N-dealkylation sites (tertiary alicyclic amines) is 1. The van der Waals surface area contributed by atoms with Crippen molar-refractivity contribution in [1.29, 1.82) is 0 Å². The summed E-state index contributed by atoms with van der Waals surface area (Å²) in [4.78, 5) is 14.3. The Bertz CT molecular complexity index is 257. The van der Waals surface area contributed by atoms with Crippen LogP contribution < -0.4 is 5.32 Å². The van der Waals surface area contributed by atoms with Gasteiger partial charge in [0.15, 0.2) is 0 Å². The Morgan fingerprint density at radius 3 is 2.79 bits per heavy atom. The molecule has 1 fully saturated rings. The lowest BCUT2D eigenvalue weighted by molar-refractivity contribution is -0.144. The van der Waals surface area contributed by atoms with Gasteiger partial charge in [-0.1, -0.05) is 26.7 Å². The quantitative estimate of drug-likeness (QED) is 0.686. The maximum absolute atomic E-state index is 11.8. The van der Waals surface area contributed by atoms with Gasteiger partial charge in [0.05, 0.1) is 7.11 Å². The first-order valence-corrected chi connectivity index (χ1v) is 7.78. The number of carbonyl (C=O) groups excluding carboxylic acids is 1. The van der Waals surface area contributed by atoms with E-state index in [0.717, 1.165) is 26.1 Å². The molecule has 0 aromatic heterocycles. The normalized spacial score (nSPS) is 22.2. The third-order valence-electron chi connectivity index (χ3n) is 3.91. The Kier molecular flexibility index (Phi) is 8.07. The molecule has 4 heteroatoms. The van der Waals surface area contributed by atoms with E-state index in [-0.39, 0.29) is 12.0 Å². The van der Waals surface area contributed by atoms with Crippen molar-refractivity contribution < 1.29 is 9.53 Å². The van der Waals surface area contributed by atoms with Gasteiger partial charge in [-0.3, -0.25) is 9.69 Å². The van der Waals surface area contributed by atoms with Gasteiger partial charge in [-0.15, -0.1) is 0 Å². The average molecular weight is 270 g/mol. The number of nitrogens with one attached hydrogen (secondary N) is 1. The van der Waals surface area contributed by atoms with Crippen LogP contribution in [0.15, 0.2) is 0 Å². The van der Waals surface area contributed by atoms with Crippen molar-refractivity contribution in [1.82, 2.24) is 10.2 Å². The van der Waals surface area contributed by atoms with E-state index in [9.17, 15) is 4.79 Å². The minimum Gasteiger partial charge on any atom is -0.468 e. The van der Waals surface area contributed by atoms with Crippen LogP contribution in [0.1, 0.15) is 52.4 Å². The van der Waals surface area contributed by atoms with Crippen molar-refractivity contribution in [2.75, 3.05) is 26.7 Å².